The van der Waals surface area contributed by atoms with Gasteiger partial charge < -0.3 is 4.74 Å². The summed E-state index contributed by atoms with van der Waals surface area (Å²) < 4.78 is 31.5. The quantitative estimate of drug-likeness (QED) is 0.807. The van der Waals surface area contributed by atoms with Gasteiger partial charge in [0.05, 0.1) is 22.1 Å². The van der Waals surface area contributed by atoms with Gasteiger partial charge in [0.2, 0.25) is 10.0 Å². The van der Waals surface area contributed by atoms with Crippen molar-refractivity contribution in [1.82, 2.24) is 4.31 Å². The van der Waals surface area contributed by atoms with E-state index in [1.807, 2.05) is 6.07 Å². The molecule has 0 N–H and O–H groups in total. The lowest BCUT2D eigenvalue weighted by atomic mass is 10.2. The van der Waals surface area contributed by atoms with Crippen LogP contribution in [0.4, 0.5) is 0 Å². The maximum Gasteiger partial charge on any atom is 0.243 e. The Morgan fingerprint density at radius 2 is 2.15 bits per heavy atom. The van der Waals surface area contributed by atoms with Crippen molar-refractivity contribution in [3.05, 3.63) is 28.8 Å². The second-order valence-electron chi connectivity index (χ2n) is 4.27. The molecule has 0 fully saturated rings. The van der Waals surface area contributed by atoms with Gasteiger partial charge in [0.15, 0.2) is 0 Å². The highest BCUT2D eigenvalue weighted by atomic mass is 35.5. The molecule has 0 amide bonds. The maximum atomic E-state index is 12.6. The minimum Gasteiger partial charge on any atom is -0.383 e. The van der Waals surface area contributed by atoms with E-state index in [-0.39, 0.29) is 21.5 Å². The molecule has 0 aliphatic carbocycles. The number of likely N-dealkylation sites (N-methyl/N-ethyl adjacent to an activating group) is 1. The van der Waals surface area contributed by atoms with Gasteiger partial charge in [0.25, 0.3) is 0 Å². The number of hydrogen-bond donors (Lipinski definition) is 0. The van der Waals surface area contributed by atoms with Crippen LogP contribution in [0.15, 0.2) is 23.1 Å². The fraction of sp³-hybridized carbons (Fsp3) is 0.462. The summed E-state index contributed by atoms with van der Waals surface area (Å²) in [5, 5.41) is 8.94. The van der Waals surface area contributed by atoms with Crippen LogP contribution in [0.25, 0.3) is 0 Å². The molecule has 1 rings (SSSR count). The van der Waals surface area contributed by atoms with Crippen LogP contribution in [0, 0.1) is 11.3 Å². The minimum atomic E-state index is -3.66. The predicted molar refractivity (Wildman–Crippen MR) is 77.1 cm³/mol. The summed E-state index contributed by atoms with van der Waals surface area (Å²) >= 11 is 5.89. The van der Waals surface area contributed by atoms with Gasteiger partial charge in [0, 0.05) is 19.7 Å². The van der Waals surface area contributed by atoms with Gasteiger partial charge in [-0.1, -0.05) is 18.5 Å². The average Bonchev–Trinajstić information content (AvgIpc) is 2.39. The molecule has 20 heavy (non-hydrogen) atoms. The van der Waals surface area contributed by atoms with E-state index in [0.717, 1.165) is 0 Å². The molecule has 1 aromatic carbocycles. The van der Waals surface area contributed by atoms with Crippen LogP contribution in [-0.2, 0) is 14.8 Å². The average molecular weight is 317 g/mol. The van der Waals surface area contributed by atoms with E-state index < -0.39 is 10.0 Å². The topological polar surface area (TPSA) is 70.4 Å². The fourth-order valence-electron chi connectivity index (χ4n) is 1.93. The molecule has 0 spiro atoms. The van der Waals surface area contributed by atoms with Crippen LogP contribution in [0.2, 0.25) is 5.02 Å². The molecule has 0 heterocycles. The molecule has 0 aliphatic heterocycles. The van der Waals surface area contributed by atoms with Crippen molar-refractivity contribution in [3.8, 4) is 6.07 Å². The Hall–Kier alpha value is -1.13. The normalized spacial score (nSPS) is 13.2. The molecule has 0 saturated carbocycles. The van der Waals surface area contributed by atoms with Crippen molar-refractivity contribution in [1.29, 1.82) is 5.26 Å². The Kier molecular flexibility index (Phi) is 5.96. The number of methoxy groups -OCH3 is 1. The summed E-state index contributed by atoms with van der Waals surface area (Å²) in [5.74, 6) is 0. The number of nitriles is 1. The number of nitrogens with zero attached hydrogens (tertiary/aromatic N) is 2. The molecule has 0 saturated heterocycles. The molecular formula is C13H17ClN2O3S. The third-order valence-corrected chi connectivity index (χ3v) is 5.28. The van der Waals surface area contributed by atoms with Gasteiger partial charge in [-0.3, -0.25) is 0 Å². The molecular weight excluding hydrogens is 300 g/mol. The lowest BCUT2D eigenvalue weighted by Crippen LogP contribution is -2.40. The number of benzene rings is 1. The van der Waals surface area contributed by atoms with E-state index in [1.54, 1.807) is 13.8 Å². The molecule has 0 aliphatic rings. The predicted octanol–water partition coefficient (Wildman–Crippen LogP) is 2.26. The fourth-order valence-corrected chi connectivity index (χ4v) is 3.86. The molecule has 0 aromatic heterocycles. The van der Waals surface area contributed by atoms with Crippen LogP contribution in [0.3, 0.4) is 0 Å². The van der Waals surface area contributed by atoms with E-state index in [2.05, 4.69) is 0 Å². The zero-order valence-electron chi connectivity index (χ0n) is 11.6. The van der Waals surface area contributed by atoms with Crippen LogP contribution < -0.4 is 0 Å². The lowest BCUT2D eigenvalue weighted by Gasteiger charge is -2.26. The summed E-state index contributed by atoms with van der Waals surface area (Å²) in [4.78, 5) is 0.0753. The number of rotatable bonds is 6. The largest absolute Gasteiger partial charge is 0.383 e. The van der Waals surface area contributed by atoms with E-state index in [9.17, 15) is 8.42 Å². The third kappa shape index (κ3) is 3.49. The van der Waals surface area contributed by atoms with Crippen molar-refractivity contribution >= 4 is 21.6 Å². The summed E-state index contributed by atoms with van der Waals surface area (Å²) in [7, 11) is -2.14. The van der Waals surface area contributed by atoms with Gasteiger partial charge in [-0.15, -0.1) is 0 Å². The van der Waals surface area contributed by atoms with Crippen molar-refractivity contribution in [3.63, 3.8) is 0 Å². The van der Waals surface area contributed by atoms with Crippen molar-refractivity contribution in [2.45, 2.75) is 24.8 Å². The summed E-state index contributed by atoms with van der Waals surface area (Å²) in [6.45, 7) is 4.16. The SMILES string of the molecule is CCN(C(C)COC)S(=O)(=O)c1ccc(C#N)c(Cl)c1. The molecule has 5 nitrogen and oxygen atoms in total. The Bertz CT molecular complexity index is 611. The van der Waals surface area contributed by atoms with E-state index in [1.165, 1.54) is 29.6 Å². The Balaban J connectivity index is 3.21. The maximum absolute atomic E-state index is 12.6. The second-order valence-corrected chi connectivity index (χ2v) is 6.56. The first-order chi connectivity index (χ1) is 9.38. The van der Waals surface area contributed by atoms with Gasteiger partial charge in [0.1, 0.15) is 6.07 Å². The monoisotopic (exact) mass is 316 g/mol. The van der Waals surface area contributed by atoms with Crippen molar-refractivity contribution in [2.24, 2.45) is 0 Å². The molecule has 110 valence electrons. The summed E-state index contributed by atoms with van der Waals surface area (Å²) in [5.41, 5.74) is 0.249. The van der Waals surface area contributed by atoms with Gasteiger partial charge in [-0.05, 0) is 25.1 Å². The smallest absolute Gasteiger partial charge is 0.243 e. The van der Waals surface area contributed by atoms with Crippen LogP contribution in [0.1, 0.15) is 19.4 Å². The van der Waals surface area contributed by atoms with Gasteiger partial charge in [-0.2, -0.15) is 9.57 Å². The van der Waals surface area contributed by atoms with E-state index in [4.69, 9.17) is 21.6 Å². The van der Waals surface area contributed by atoms with Crippen LogP contribution in [-0.4, -0.2) is 39.0 Å². The van der Waals surface area contributed by atoms with Crippen molar-refractivity contribution < 1.29 is 13.2 Å². The first-order valence-corrected chi connectivity index (χ1v) is 7.90. The van der Waals surface area contributed by atoms with Crippen molar-refractivity contribution in [2.75, 3.05) is 20.3 Å². The second kappa shape index (κ2) is 7.04. The highest BCUT2D eigenvalue weighted by Crippen LogP contribution is 2.24. The van der Waals surface area contributed by atoms with E-state index >= 15 is 0 Å². The first kappa shape index (κ1) is 16.9. The molecule has 0 radical (unpaired) electrons. The molecule has 7 heteroatoms. The van der Waals surface area contributed by atoms with E-state index in [0.29, 0.717) is 13.2 Å². The highest BCUT2D eigenvalue weighted by Gasteiger charge is 2.28. The standard InChI is InChI=1S/C13H17ClN2O3S/c1-4-16(10(2)9-19-3)20(17,18)12-6-5-11(8-15)13(14)7-12/h5-7,10H,4,9H2,1-3H3. The molecule has 0 bridgehead atoms. The molecule has 1 aromatic rings. The Morgan fingerprint density at radius 3 is 2.60 bits per heavy atom. The molecule has 1 atom stereocenters. The lowest BCUT2D eigenvalue weighted by molar-refractivity contribution is 0.142. The Morgan fingerprint density at radius 1 is 1.50 bits per heavy atom. The molecule has 1 unspecified atom stereocenters. The van der Waals surface area contributed by atoms with Gasteiger partial charge >= 0.3 is 0 Å². The van der Waals surface area contributed by atoms with Crippen LogP contribution in [0.5, 0.6) is 0 Å². The number of ether oxygens (including phenoxy) is 1. The minimum absolute atomic E-state index is 0.0753. The number of sulfonamides is 1. The zero-order valence-corrected chi connectivity index (χ0v) is 13.2. The van der Waals surface area contributed by atoms with Gasteiger partial charge in [-0.25, -0.2) is 8.42 Å². The first-order valence-electron chi connectivity index (χ1n) is 6.08. The highest BCUT2D eigenvalue weighted by molar-refractivity contribution is 7.89. The van der Waals surface area contributed by atoms with Crippen LogP contribution >= 0.6 is 11.6 Å². The summed E-state index contributed by atoms with van der Waals surface area (Å²) in [6, 6.07) is 5.71. The number of halogens is 1. The summed E-state index contributed by atoms with van der Waals surface area (Å²) in [6.07, 6.45) is 0. The Labute approximate surface area is 124 Å². The number of hydrogen-bond acceptors (Lipinski definition) is 4. The third-order valence-electron chi connectivity index (χ3n) is 2.88. The zero-order chi connectivity index (χ0) is 15.3.